The summed E-state index contributed by atoms with van der Waals surface area (Å²) in [4.78, 5) is 44.9. The van der Waals surface area contributed by atoms with Crippen LogP contribution in [0.4, 0.5) is 5.69 Å². The quantitative estimate of drug-likeness (QED) is 0.863. The normalized spacial score (nSPS) is 14.7. The van der Waals surface area contributed by atoms with Crippen molar-refractivity contribution in [2.24, 2.45) is 5.92 Å². The number of piperidine rings is 1. The first kappa shape index (κ1) is 17.5. The average Bonchev–Trinajstić information content (AvgIpc) is 2.69. The molecule has 3 rings (SSSR count). The van der Waals surface area contributed by atoms with Crippen LogP contribution in [0.1, 0.15) is 33.7 Å². The number of carbonyl (C=O) groups is 3. The zero-order chi connectivity index (χ0) is 18.5. The Bertz CT molecular complexity index is 800. The van der Waals surface area contributed by atoms with Crippen molar-refractivity contribution in [3.05, 3.63) is 54.1 Å². The standard InChI is InChI=1S/C18H18N4O4/c23-16(15-11-19-7-8-20-15)21-14-3-1-12(2-4-14)17(24)22-9-5-13(6-10-22)18(25)26/h1-4,7-8,11,13H,5-6,9-10H2,(H,21,23)(H,25,26). The van der Waals surface area contributed by atoms with E-state index in [-0.39, 0.29) is 23.4 Å². The fraction of sp³-hybridized carbons (Fsp3) is 0.278. The van der Waals surface area contributed by atoms with Crippen LogP contribution >= 0.6 is 0 Å². The number of aliphatic carboxylic acids is 1. The first-order chi connectivity index (χ1) is 12.5. The maximum absolute atomic E-state index is 12.5. The van der Waals surface area contributed by atoms with Gasteiger partial charge in [-0.05, 0) is 37.1 Å². The lowest BCUT2D eigenvalue weighted by atomic mass is 9.96. The zero-order valence-corrected chi connectivity index (χ0v) is 14.0. The Balaban J connectivity index is 1.60. The Hall–Kier alpha value is -3.29. The van der Waals surface area contributed by atoms with Gasteiger partial charge in [0.25, 0.3) is 11.8 Å². The zero-order valence-electron chi connectivity index (χ0n) is 14.0. The summed E-state index contributed by atoms with van der Waals surface area (Å²) in [5.74, 6) is -1.70. The summed E-state index contributed by atoms with van der Waals surface area (Å²) in [6.45, 7) is 0.863. The van der Waals surface area contributed by atoms with Crippen LogP contribution in [0.15, 0.2) is 42.9 Å². The lowest BCUT2D eigenvalue weighted by Gasteiger charge is -2.30. The van der Waals surface area contributed by atoms with Crippen molar-refractivity contribution in [3.8, 4) is 0 Å². The molecule has 2 amide bonds. The topological polar surface area (TPSA) is 112 Å². The maximum Gasteiger partial charge on any atom is 0.306 e. The third kappa shape index (κ3) is 4.02. The predicted octanol–water partition coefficient (Wildman–Crippen LogP) is 1.67. The van der Waals surface area contributed by atoms with E-state index in [9.17, 15) is 14.4 Å². The van der Waals surface area contributed by atoms with Crippen LogP contribution in [0, 0.1) is 5.92 Å². The molecular weight excluding hydrogens is 336 g/mol. The lowest BCUT2D eigenvalue weighted by molar-refractivity contribution is -0.143. The van der Waals surface area contributed by atoms with E-state index in [1.807, 2.05) is 0 Å². The molecule has 26 heavy (non-hydrogen) atoms. The smallest absolute Gasteiger partial charge is 0.306 e. The maximum atomic E-state index is 12.5. The molecule has 8 heteroatoms. The second-order valence-corrected chi connectivity index (χ2v) is 6.03. The van der Waals surface area contributed by atoms with E-state index in [0.29, 0.717) is 37.2 Å². The number of nitrogens with one attached hydrogen (secondary N) is 1. The van der Waals surface area contributed by atoms with Gasteiger partial charge < -0.3 is 15.3 Å². The van der Waals surface area contributed by atoms with Gasteiger partial charge in [0, 0.05) is 36.7 Å². The van der Waals surface area contributed by atoms with E-state index in [4.69, 9.17) is 5.11 Å². The van der Waals surface area contributed by atoms with E-state index in [0.717, 1.165) is 0 Å². The average molecular weight is 354 g/mol. The number of rotatable bonds is 4. The summed E-state index contributed by atoms with van der Waals surface area (Å²) < 4.78 is 0. The number of hydrogen-bond donors (Lipinski definition) is 2. The van der Waals surface area contributed by atoms with Crippen molar-refractivity contribution in [1.29, 1.82) is 0 Å². The van der Waals surface area contributed by atoms with Gasteiger partial charge in [-0.1, -0.05) is 0 Å². The lowest BCUT2D eigenvalue weighted by Crippen LogP contribution is -2.40. The molecule has 2 aromatic rings. The fourth-order valence-corrected chi connectivity index (χ4v) is 2.82. The molecule has 1 aliphatic rings. The highest BCUT2D eigenvalue weighted by Crippen LogP contribution is 2.20. The number of hydrogen-bond acceptors (Lipinski definition) is 5. The van der Waals surface area contributed by atoms with Crippen molar-refractivity contribution in [1.82, 2.24) is 14.9 Å². The molecule has 0 saturated carbocycles. The van der Waals surface area contributed by atoms with Crippen LogP contribution in [0.25, 0.3) is 0 Å². The van der Waals surface area contributed by atoms with Crippen LogP contribution in [0.3, 0.4) is 0 Å². The van der Waals surface area contributed by atoms with E-state index in [1.54, 1.807) is 29.2 Å². The van der Waals surface area contributed by atoms with E-state index >= 15 is 0 Å². The molecule has 0 aliphatic carbocycles. The Morgan fingerprint density at radius 1 is 1.08 bits per heavy atom. The van der Waals surface area contributed by atoms with Gasteiger partial charge in [0.2, 0.25) is 0 Å². The highest BCUT2D eigenvalue weighted by molar-refractivity contribution is 6.03. The van der Waals surface area contributed by atoms with Gasteiger partial charge in [-0.2, -0.15) is 0 Å². The van der Waals surface area contributed by atoms with Crippen molar-refractivity contribution < 1.29 is 19.5 Å². The van der Waals surface area contributed by atoms with Gasteiger partial charge in [-0.25, -0.2) is 4.98 Å². The van der Waals surface area contributed by atoms with Gasteiger partial charge in [0.05, 0.1) is 12.1 Å². The second kappa shape index (κ2) is 7.73. The molecule has 2 heterocycles. The summed E-state index contributed by atoms with van der Waals surface area (Å²) in [6.07, 6.45) is 5.22. The van der Waals surface area contributed by atoms with E-state index in [1.165, 1.54) is 18.6 Å². The number of anilines is 1. The van der Waals surface area contributed by atoms with Gasteiger partial charge in [0.1, 0.15) is 5.69 Å². The molecule has 0 unspecified atom stereocenters. The number of likely N-dealkylation sites (tertiary alicyclic amines) is 1. The molecular formula is C18H18N4O4. The third-order valence-corrected chi connectivity index (χ3v) is 4.32. The number of amides is 2. The Kier molecular flexibility index (Phi) is 5.21. The van der Waals surface area contributed by atoms with Crippen LogP contribution in [0.2, 0.25) is 0 Å². The highest BCUT2D eigenvalue weighted by Gasteiger charge is 2.27. The Morgan fingerprint density at radius 3 is 2.35 bits per heavy atom. The third-order valence-electron chi connectivity index (χ3n) is 4.32. The van der Waals surface area contributed by atoms with Crippen LogP contribution < -0.4 is 5.32 Å². The van der Waals surface area contributed by atoms with Crippen LogP contribution in [-0.4, -0.2) is 50.8 Å². The fourth-order valence-electron chi connectivity index (χ4n) is 2.82. The van der Waals surface area contributed by atoms with Crippen molar-refractivity contribution >= 4 is 23.5 Å². The summed E-state index contributed by atoms with van der Waals surface area (Å²) >= 11 is 0. The molecule has 134 valence electrons. The highest BCUT2D eigenvalue weighted by atomic mass is 16.4. The number of carboxylic acid groups (broad SMARTS) is 1. The first-order valence-electron chi connectivity index (χ1n) is 8.24. The van der Waals surface area contributed by atoms with Crippen molar-refractivity contribution in [2.75, 3.05) is 18.4 Å². The monoisotopic (exact) mass is 354 g/mol. The molecule has 0 radical (unpaired) electrons. The molecule has 8 nitrogen and oxygen atoms in total. The molecule has 0 atom stereocenters. The van der Waals surface area contributed by atoms with Gasteiger partial charge in [-0.15, -0.1) is 0 Å². The molecule has 1 aromatic carbocycles. The van der Waals surface area contributed by atoms with Gasteiger partial charge >= 0.3 is 5.97 Å². The van der Waals surface area contributed by atoms with E-state index in [2.05, 4.69) is 15.3 Å². The van der Waals surface area contributed by atoms with Crippen LogP contribution in [-0.2, 0) is 4.79 Å². The molecule has 1 fully saturated rings. The summed E-state index contributed by atoms with van der Waals surface area (Å²) in [5, 5.41) is 11.7. The molecule has 0 bridgehead atoms. The predicted molar refractivity (Wildman–Crippen MR) is 92.7 cm³/mol. The number of nitrogens with zero attached hydrogens (tertiary/aromatic N) is 3. The minimum absolute atomic E-state index is 0.138. The molecule has 0 spiro atoms. The Labute approximate surface area is 149 Å². The van der Waals surface area contributed by atoms with Crippen LogP contribution in [0.5, 0.6) is 0 Å². The van der Waals surface area contributed by atoms with Gasteiger partial charge in [0.15, 0.2) is 0 Å². The van der Waals surface area contributed by atoms with Crippen molar-refractivity contribution in [3.63, 3.8) is 0 Å². The van der Waals surface area contributed by atoms with Gasteiger partial charge in [-0.3, -0.25) is 19.4 Å². The Morgan fingerprint density at radius 2 is 1.77 bits per heavy atom. The molecule has 1 aromatic heterocycles. The summed E-state index contributed by atoms with van der Waals surface area (Å²) in [5.41, 5.74) is 1.24. The summed E-state index contributed by atoms with van der Waals surface area (Å²) in [6, 6.07) is 6.56. The second-order valence-electron chi connectivity index (χ2n) is 6.03. The number of carbonyl (C=O) groups excluding carboxylic acids is 2. The minimum Gasteiger partial charge on any atom is -0.481 e. The largest absolute Gasteiger partial charge is 0.481 e. The first-order valence-corrected chi connectivity index (χ1v) is 8.24. The minimum atomic E-state index is -0.805. The number of aromatic nitrogens is 2. The summed E-state index contributed by atoms with van der Waals surface area (Å²) in [7, 11) is 0. The van der Waals surface area contributed by atoms with Crippen molar-refractivity contribution in [2.45, 2.75) is 12.8 Å². The van der Waals surface area contributed by atoms with E-state index < -0.39 is 5.97 Å². The molecule has 1 saturated heterocycles. The molecule has 2 N–H and O–H groups in total. The number of benzene rings is 1. The number of carboxylic acids is 1. The molecule has 1 aliphatic heterocycles. The SMILES string of the molecule is O=C(Nc1ccc(C(=O)N2CCC(C(=O)O)CC2)cc1)c1cnccn1.